The van der Waals surface area contributed by atoms with E-state index in [4.69, 9.17) is 5.73 Å². The Bertz CT molecular complexity index is 1200. The maximum Gasteiger partial charge on any atom is 0.222 e. The molecule has 1 saturated heterocycles. The van der Waals surface area contributed by atoms with Crippen LogP contribution in [0.2, 0.25) is 0 Å². The molecule has 1 fully saturated rings. The number of carbonyl (C=O) groups excluding carboxylic acids is 1. The molecule has 1 amide bonds. The zero-order valence-electron chi connectivity index (χ0n) is 16.2. The van der Waals surface area contributed by atoms with Gasteiger partial charge in [0.15, 0.2) is 5.82 Å². The van der Waals surface area contributed by atoms with Crippen LogP contribution in [-0.4, -0.2) is 38.4 Å². The molecular weight excluding hydrogens is 362 g/mol. The van der Waals surface area contributed by atoms with Crippen LogP contribution in [0.5, 0.6) is 0 Å². The molecule has 0 atom stereocenters. The molecule has 0 bridgehead atoms. The number of fused-ring (bicyclic) bond motifs is 3. The van der Waals surface area contributed by atoms with E-state index in [9.17, 15) is 4.79 Å². The first-order valence-electron chi connectivity index (χ1n) is 10.1. The normalized spacial score (nSPS) is 14.3. The van der Waals surface area contributed by atoms with Crippen LogP contribution in [0.1, 0.15) is 19.3 Å². The standard InChI is InChI=1S/C23H23N5O/c24-23-21-22(28(15-25-21)13-5-12-27-11-4-8-20(27)29)18-10-9-17(14-19(18)26-23)16-6-2-1-3-7-16/h1-3,6-7,9-10,14-15H,4-5,8,11-13H2,(H2,24,26). The number of hydrogen-bond donors (Lipinski definition) is 1. The van der Waals surface area contributed by atoms with Gasteiger partial charge in [-0.05, 0) is 30.0 Å². The van der Waals surface area contributed by atoms with Gasteiger partial charge in [-0.15, -0.1) is 0 Å². The lowest BCUT2D eigenvalue weighted by Gasteiger charge is -2.15. The Morgan fingerprint density at radius 1 is 1.03 bits per heavy atom. The highest BCUT2D eigenvalue weighted by Gasteiger charge is 2.19. The van der Waals surface area contributed by atoms with E-state index in [0.29, 0.717) is 12.2 Å². The van der Waals surface area contributed by atoms with Gasteiger partial charge >= 0.3 is 0 Å². The number of carbonyl (C=O) groups is 1. The number of benzene rings is 2. The van der Waals surface area contributed by atoms with Crippen molar-refractivity contribution in [2.75, 3.05) is 18.8 Å². The van der Waals surface area contributed by atoms with Crippen LogP contribution in [0.3, 0.4) is 0 Å². The summed E-state index contributed by atoms with van der Waals surface area (Å²) in [6, 6.07) is 16.6. The van der Waals surface area contributed by atoms with E-state index >= 15 is 0 Å². The van der Waals surface area contributed by atoms with Gasteiger partial charge in [0.25, 0.3) is 0 Å². The molecule has 5 rings (SSSR count). The van der Waals surface area contributed by atoms with Crippen molar-refractivity contribution in [1.82, 2.24) is 19.4 Å². The zero-order valence-corrected chi connectivity index (χ0v) is 16.2. The molecule has 146 valence electrons. The lowest BCUT2D eigenvalue weighted by molar-refractivity contribution is -0.127. The molecule has 1 aliphatic rings. The number of nitrogens with two attached hydrogens (primary N) is 1. The molecule has 6 nitrogen and oxygen atoms in total. The van der Waals surface area contributed by atoms with Crippen LogP contribution in [0.25, 0.3) is 33.1 Å². The molecule has 4 aromatic rings. The summed E-state index contributed by atoms with van der Waals surface area (Å²) in [7, 11) is 0. The number of aryl methyl sites for hydroxylation is 1. The minimum Gasteiger partial charge on any atom is -0.382 e. The smallest absolute Gasteiger partial charge is 0.222 e. The fourth-order valence-electron chi connectivity index (χ4n) is 4.21. The van der Waals surface area contributed by atoms with E-state index in [1.165, 1.54) is 0 Å². The number of imidazole rings is 1. The molecule has 0 saturated carbocycles. The Kier molecular flexibility index (Phi) is 4.39. The number of anilines is 1. The van der Waals surface area contributed by atoms with Gasteiger partial charge in [-0.1, -0.05) is 42.5 Å². The number of aromatic nitrogens is 3. The lowest BCUT2D eigenvalue weighted by Crippen LogP contribution is -2.26. The van der Waals surface area contributed by atoms with E-state index in [1.807, 2.05) is 29.4 Å². The Hall–Kier alpha value is -3.41. The third kappa shape index (κ3) is 3.20. The molecule has 0 unspecified atom stereocenters. The summed E-state index contributed by atoms with van der Waals surface area (Å²) in [5.74, 6) is 0.721. The third-order valence-corrected chi connectivity index (χ3v) is 5.68. The summed E-state index contributed by atoms with van der Waals surface area (Å²) in [4.78, 5) is 22.9. The predicted octanol–water partition coefficient (Wildman–Crippen LogP) is 3.85. The fraction of sp³-hybridized carbons (Fsp3) is 0.261. The third-order valence-electron chi connectivity index (χ3n) is 5.68. The van der Waals surface area contributed by atoms with Crippen LogP contribution in [0.15, 0.2) is 54.9 Å². The summed E-state index contributed by atoms with van der Waals surface area (Å²) in [6.07, 6.45) is 4.39. The lowest BCUT2D eigenvalue weighted by atomic mass is 10.0. The number of nitrogen functional groups attached to an aromatic ring is 1. The van der Waals surface area contributed by atoms with Crippen molar-refractivity contribution in [3.8, 4) is 11.1 Å². The molecule has 6 heteroatoms. The summed E-state index contributed by atoms with van der Waals surface area (Å²) in [5.41, 5.74) is 11.1. The van der Waals surface area contributed by atoms with Crippen molar-refractivity contribution in [2.24, 2.45) is 0 Å². The number of pyridine rings is 1. The van der Waals surface area contributed by atoms with E-state index < -0.39 is 0 Å². The van der Waals surface area contributed by atoms with Crippen molar-refractivity contribution in [3.63, 3.8) is 0 Å². The second-order valence-electron chi connectivity index (χ2n) is 7.57. The summed E-state index contributed by atoms with van der Waals surface area (Å²) in [5, 5.41) is 1.05. The van der Waals surface area contributed by atoms with Crippen LogP contribution >= 0.6 is 0 Å². The van der Waals surface area contributed by atoms with Gasteiger partial charge in [0.2, 0.25) is 5.91 Å². The highest BCUT2D eigenvalue weighted by molar-refractivity contribution is 6.07. The largest absolute Gasteiger partial charge is 0.382 e. The second kappa shape index (κ2) is 7.20. The van der Waals surface area contributed by atoms with Crippen molar-refractivity contribution in [3.05, 3.63) is 54.9 Å². The van der Waals surface area contributed by atoms with Gasteiger partial charge in [0.05, 0.1) is 17.4 Å². The monoisotopic (exact) mass is 385 g/mol. The highest BCUT2D eigenvalue weighted by atomic mass is 16.2. The van der Waals surface area contributed by atoms with Gasteiger partial charge in [-0.2, -0.15) is 0 Å². The minimum atomic E-state index is 0.271. The molecule has 2 aromatic heterocycles. The summed E-state index contributed by atoms with van der Waals surface area (Å²) >= 11 is 0. The average Bonchev–Trinajstić information content (AvgIpc) is 3.35. The molecule has 0 radical (unpaired) electrons. The van der Waals surface area contributed by atoms with Crippen LogP contribution in [0.4, 0.5) is 5.82 Å². The first kappa shape index (κ1) is 17.7. The molecule has 1 aliphatic heterocycles. The molecule has 2 aromatic carbocycles. The topological polar surface area (TPSA) is 77.0 Å². The fourth-order valence-corrected chi connectivity index (χ4v) is 4.21. The molecule has 2 N–H and O–H groups in total. The summed E-state index contributed by atoms with van der Waals surface area (Å²) < 4.78 is 2.14. The van der Waals surface area contributed by atoms with Crippen LogP contribution < -0.4 is 5.73 Å². The number of likely N-dealkylation sites (tertiary alicyclic amines) is 1. The van der Waals surface area contributed by atoms with Crippen LogP contribution in [-0.2, 0) is 11.3 Å². The Morgan fingerprint density at radius 3 is 2.69 bits per heavy atom. The predicted molar refractivity (Wildman–Crippen MR) is 115 cm³/mol. The van der Waals surface area contributed by atoms with Gasteiger partial charge in [0, 0.05) is 31.4 Å². The Balaban J connectivity index is 1.49. The first-order valence-corrected chi connectivity index (χ1v) is 10.1. The number of amides is 1. The number of hydrogen-bond acceptors (Lipinski definition) is 4. The molecule has 0 spiro atoms. The SMILES string of the molecule is Nc1nc2cc(-c3ccccc3)ccc2c2c1ncn2CCCN1CCCC1=O. The van der Waals surface area contributed by atoms with E-state index in [0.717, 1.165) is 65.5 Å². The summed E-state index contributed by atoms with van der Waals surface area (Å²) in [6.45, 7) is 2.46. The maximum absolute atomic E-state index is 11.8. The Morgan fingerprint density at radius 2 is 1.90 bits per heavy atom. The second-order valence-corrected chi connectivity index (χ2v) is 7.57. The molecule has 29 heavy (non-hydrogen) atoms. The van der Waals surface area contributed by atoms with Crippen molar-refractivity contribution in [2.45, 2.75) is 25.8 Å². The molecule has 3 heterocycles. The van der Waals surface area contributed by atoms with Gasteiger partial charge in [-0.25, -0.2) is 9.97 Å². The molecular formula is C23H23N5O. The van der Waals surface area contributed by atoms with E-state index in [-0.39, 0.29) is 5.91 Å². The quantitative estimate of drug-likeness (QED) is 0.566. The van der Waals surface area contributed by atoms with E-state index in [1.54, 1.807) is 0 Å². The van der Waals surface area contributed by atoms with Crippen LogP contribution in [0, 0.1) is 0 Å². The average molecular weight is 385 g/mol. The highest BCUT2D eigenvalue weighted by Crippen LogP contribution is 2.30. The van der Waals surface area contributed by atoms with Crippen molar-refractivity contribution in [1.29, 1.82) is 0 Å². The van der Waals surface area contributed by atoms with Gasteiger partial charge < -0.3 is 15.2 Å². The van der Waals surface area contributed by atoms with Crippen molar-refractivity contribution < 1.29 is 4.79 Å². The first-order chi connectivity index (χ1) is 14.2. The van der Waals surface area contributed by atoms with E-state index in [2.05, 4.69) is 44.9 Å². The number of nitrogens with zero attached hydrogens (tertiary/aromatic N) is 4. The zero-order chi connectivity index (χ0) is 19.8. The Labute approximate surface area is 169 Å². The van der Waals surface area contributed by atoms with Crippen molar-refractivity contribution >= 4 is 33.7 Å². The minimum absolute atomic E-state index is 0.271. The van der Waals surface area contributed by atoms with Gasteiger partial charge in [-0.3, -0.25) is 4.79 Å². The van der Waals surface area contributed by atoms with Gasteiger partial charge in [0.1, 0.15) is 5.52 Å². The number of rotatable bonds is 5. The maximum atomic E-state index is 11.8. The molecule has 0 aliphatic carbocycles.